The molecule has 7 heteroatoms. The Balaban J connectivity index is 2.43. The first-order valence-corrected chi connectivity index (χ1v) is 6.77. The van der Waals surface area contributed by atoms with Crippen LogP contribution in [0.3, 0.4) is 0 Å². The lowest BCUT2D eigenvalue weighted by Crippen LogP contribution is -2.51. The maximum Gasteiger partial charge on any atom is 0.277 e. The largest absolute Gasteiger partial charge is 0.347 e. The van der Waals surface area contributed by atoms with Gasteiger partial charge in [0.05, 0.1) is 17.7 Å². The number of carbonyl (C=O) groups is 3. The SMILES string of the molecule is C=CC(C)(C)c1[nH]cnc1/C=C1/NC(=O)CN(C(C)=O)C1=O. The number of rotatable bonds is 3. The van der Waals surface area contributed by atoms with E-state index < -0.39 is 17.7 Å². The lowest BCUT2D eigenvalue weighted by atomic mass is 9.88. The number of hydrogen-bond acceptors (Lipinski definition) is 4. The zero-order valence-corrected chi connectivity index (χ0v) is 12.8. The molecule has 22 heavy (non-hydrogen) atoms. The van der Waals surface area contributed by atoms with Crippen LogP contribution in [0.25, 0.3) is 6.08 Å². The predicted octanol–water partition coefficient (Wildman–Crippen LogP) is 0.719. The highest BCUT2D eigenvalue weighted by molar-refractivity contribution is 6.12. The van der Waals surface area contributed by atoms with Crippen molar-refractivity contribution in [1.29, 1.82) is 0 Å². The summed E-state index contributed by atoms with van der Waals surface area (Å²) in [6.45, 7) is 8.64. The van der Waals surface area contributed by atoms with Gasteiger partial charge in [-0.05, 0) is 6.08 Å². The van der Waals surface area contributed by atoms with Gasteiger partial charge in [-0.2, -0.15) is 0 Å². The highest BCUT2D eigenvalue weighted by atomic mass is 16.2. The van der Waals surface area contributed by atoms with E-state index in [2.05, 4.69) is 21.9 Å². The maximum absolute atomic E-state index is 12.2. The first kappa shape index (κ1) is 15.7. The normalized spacial score (nSPS) is 17.6. The zero-order valence-electron chi connectivity index (χ0n) is 12.8. The molecule has 116 valence electrons. The van der Waals surface area contributed by atoms with E-state index in [0.717, 1.165) is 10.6 Å². The second-order valence-electron chi connectivity index (χ2n) is 5.61. The van der Waals surface area contributed by atoms with Gasteiger partial charge in [0.25, 0.3) is 5.91 Å². The average molecular weight is 302 g/mol. The van der Waals surface area contributed by atoms with Gasteiger partial charge >= 0.3 is 0 Å². The fourth-order valence-electron chi connectivity index (χ4n) is 2.13. The number of amides is 3. The quantitative estimate of drug-likeness (QED) is 0.635. The Kier molecular flexibility index (Phi) is 3.99. The summed E-state index contributed by atoms with van der Waals surface area (Å²) in [6.07, 6.45) is 4.73. The van der Waals surface area contributed by atoms with Gasteiger partial charge < -0.3 is 10.3 Å². The molecule has 0 aromatic carbocycles. The highest BCUT2D eigenvalue weighted by Crippen LogP contribution is 2.26. The maximum atomic E-state index is 12.2. The Morgan fingerprint density at radius 2 is 2.14 bits per heavy atom. The molecule has 0 atom stereocenters. The van der Waals surface area contributed by atoms with Gasteiger partial charge in [-0.3, -0.25) is 19.3 Å². The van der Waals surface area contributed by atoms with Crippen LogP contribution in [0.4, 0.5) is 0 Å². The third-order valence-electron chi connectivity index (χ3n) is 3.54. The van der Waals surface area contributed by atoms with Crippen LogP contribution < -0.4 is 5.32 Å². The third kappa shape index (κ3) is 2.83. The predicted molar refractivity (Wildman–Crippen MR) is 80.3 cm³/mol. The third-order valence-corrected chi connectivity index (χ3v) is 3.54. The van der Waals surface area contributed by atoms with Crippen LogP contribution in [0.5, 0.6) is 0 Å². The molecule has 2 heterocycles. The van der Waals surface area contributed by atoms with Crippen molar-refractivity contribution in [3.8, 4) is 0 Å². The zero-order chi connectivity index (χ0) is 16.5. The number of imide groups is 1. The summed E-state index contributed by atoms with van der Waals surface area (Å²) in [6, 6.07) is 0. The first-order chi connectivity index (χ1) is 10.3. The average Bonchev–Trinajstić information content (AvgIpc) is 2.91. The molecule has 1 aromatic rings. The van der Waals surface area contributed by atoms with E-state index in [1.807, 2.05) is 13.8 Å². The summed E-state index contributed by atoms with van der Waals surface area (Å²) in [5, 5.41) is 2.48. The van der Waals surface area contributed by atoms with Gasteiger partial charge in [-0.25, -0.2) is 4.98 Å². The molecule has 2 rings (SSSR count). The highest BCUT2D eigenvalue weighted by Gasteiger charge is 2.31. The number of nitrogens with zero attached hydrogens (tertiary/aromatic N) is 2. The van der Waals surface area contributed by atoms with Crippen molar-refractivity contribution in [3.63, 3.8) is 0 Å². The van der Waals surface area contributed by atoms with E-state index in [4.69, 9.17) is 0 Å². The summed E-state index contributed by atoms with van der Waals surface area (Å²) in [7, 11) is 0. The number of aromatic amines is 1. The smallest absolute Gasteiger partial charge is 0.277 e. The molecule has 0 aliphatic carbocycles. The minimum absolute atomic E-state index is 0.0275. The molecule has 1 aromatic heterocycles. The fourth-order valence-corrected chi connectivity index (χ4v) is 2.13. The molecule has 1 fully saturated rings. The molecule has 0 unspecified atom stereocenters. The Morgan fingerprint density at radius 3 is 2.73 bits per heavy atom. The molecule has 0 radical (unpaired) electrons. The van der Waals surface area contributed by atoms with E-state index in [1.165, 1.54) is 19.3 Å². The topological polar surface area (TPSA) is 95.2 Å². The van der Waals surface area contributed by atoms with Gasteiger partial charge in [0, 0.05) is 12.3 Å². The summed E-state index contributed by atoms with van der Waals surface area (Å²) in [5.41, 5.74) is 0.917. The number of H-pyrrole nitrogens is 1. The second kappa shape index (κ2) is 5.59. The van der Waals surface area contributed by atoms with Gasteiger partial charge in [0.2, 0.25) is 11.8 Å². The van der Waals surface area contributed by atoms with Gasteiger partial charge in [-0.15, -0.1) is 6.58 Å². The van der Waals surface area contributed by atoms with E-state index in [9.17, 15) is 14.4 Å². The fraction of sp³-hybridized carbons (Fsp3) is 0.333. The van der Waals surface area contributed by atoms with Crippen molar-refractivity contribution >= 4 is 23.8 Å². The molecule has 0 saturated carbocycles. The molecule has 2 N–H and O–H groups in total. The van der Waals surface area contributed by atoms with Gasteiger partial charge in [0.15, 0.2) is 0 Å². The number of aromatic nitrogens is 2. The molecule has 3 amide bonds. The number of hydrogen-bond donors (Lipinski definition) is 2. The van der Waals surface area contributed by atoms with E-state index in [0.29, 0.717) is 5.69 Å². The first-order valence-electron chi connectivity index (χ1n) is 6.77. The molecule has 7 nitrogen and oxygen atoms in total. The van der Waals surface area contributed by atoms with Crippen LogP contribution in [0.2, 0.25) is 0 Å². The van der Waals surface area contributed by atoms with Crippen molar-refractivity contribution in [2.45, 2.75) is 26.2 Å². The lowest BCUT2D eigenvalue weighted by molar-refractivity contribution is -0.147. The Hall–Kier alpha value is -2.70. The Labute approximate surface area is 128 Å². The number of carbonyl (C=O) groups excluding carboxylic acids is 3. The molecule has 1 saturated heterocycles. The van der Waals surface area contributed by atoms with Crippen LogP contribution in [-0.4, -0.2) is 39.1 Å². The number of nitrogens with one attached hydrogen (secondary N) is 2. The molecule has 1 aliphatic heterocycles. The van der Waals surface area contributed by atoms with Crippen LogP contribution in [-0.2, 0) is 19.8 Å². The summed E-state index contributed by atoms with van der Waals surface area (Å²) >= 11 is 0. The Bertz CT molecular complexity index is 685. The second-order valence-corrected chi connectivity index (χ2v) is 5.61. The Morgan fingerprint density at radius 1 is 1.45 bits per heavy atom. The minimum atomic E-state index is -0.544. The summed E-state index contributed by atoms with van der Waals surface area (Å²) in [4.78, 5) is 43.4. The van der Waals surface area contributed by atoms with Crippen LogP contribution in [0, 0.1) is 0 Å². The molecule has 0 bridgehead atoms. The molecule has 0 spiro atoms. The standard InChI is InChI=1S/C15H18N4O3/c1-5-15(3,4)13-10(16-8-17-13)6-11-14(22)19(9(2)20)7-12(21)18-11/h5-6,8H,1,7H2,2-4H3,(H,16,17)(H,18,21)/b11-6+. The summed E-state index contributed by atoms with van der Waals surface area (Å²) in [5.74, 6) is -1.43. The van der Waals surface area contributed by atoms with E-state index in [1.54, 1.807) is 6.08 Å². The molecule has 1 aliphatic rings. The van der Waals surface area contributed by atoms with E-state index >= 15 is 0 Å². The van der Waals surface area contributed by atoms with Crippen molar-refractivity contribution in [2.24, 2.45) is 0 Å². The number of allylic oxidation sites excluding steroid dienone is 1. The lowest BCUT2D eigenvalue weighted by Gasteiger charge is -2.25. The molecular weight excluding hydrogens is 284 g/mol. The van der Waals surface area contributed by atoms with Crippen LogP contribution >= 0.6 is 0 Å². The minimum Gasteiger partial charge on any atom is -0.347 e. The van der Waals surface area contributed by atoms with E-state index in [-0.39, 0.29) is 17.7 Å². The van der Waals surface area contributed by atoms with Crippen molar-refractivity contribution in [1.82, 2.24) is 20.2 Å². The van der Waals surface area contributed by atoms with Crippen molar-refractivity contribution < 1.29 is 14.4 Å². The van der Waals surface area contributed by atoms with Gasteiger partial charge in [-0.1, -0.05) is 19.9 Å². The van der Waals surface area contributed by atoms with Crippen LogP contribution in [0.1, 0.15) is 32.2 Å². The monoisotopic (exact) mass is 302 g/mol. The van der Waals surface area contributed by atoms with Crippen molar-refractivity contribution in [3.05, 3.63) is 36.1 Å². The number of piperazine rings is 1. The van der Waals surface area contributed by atoms with Gasteiger partial charge in [0.1, 0.15) is 12.2 Å². The number of imidazole rings is 1. The van der Waals surface area contributed by atoms with Crippen molar-refractivity contribution in [2.75, 3.05) is 6.54 Å². The summed E-state index contributed by atoms with van der Waals surface area (Å²) < 4.78 is 0. The van der Waals surface area contributed by atoms with Crippen LogP contribution in [0.15, 0.2) is 24.7 Å². The molecular formula is C15H18N4O3.